The number of hydrogen-bond donors (Lipinski definition) is 0. The van der Waals surface area contributed by atoms with Crippen LogP contribution < -0.4 is 4.74 Å². The lowest BCUT2D eigenvalue weighted by atomic mass is 9.77. The van der Waals surface area contributed by atoms with Crippen LogP contribution in [0.3, 0.4) is 0 Å². The third kappa shape index (κ3) is 5.39. The Balaban J connectivity index is 1.28. The van der Waals surface area contributed by atoms with Gasteiger partial charge in [0.05, 0.1) is 30.5 Å². The molecule has 0 saturated heterocycles. The van der Waals surface area contributed by atoms with Crippen molar-refractivity contribution in [3.63, 3.8) is 0 Å². The summed E-state index contributed by atoms with van der Waals surface area (Å²) in [5.74, 6) is 0.161. The first-order chi connectivity index (χ1) is 25.6. The number of methoxy groups -OCH3 is 1. The van der Waals surface area contributed by atoms with Gasteiger partial charge in [0, 0.05) is 5.56 Å². The van der Waals surface area contributed by atoms with Crippen molar-refractivity contribution in [1.29, 1.82) is 0 Å². The van der Waals surface area contributed by atoms with Gasteiger partial charge in [-0.15, -0.1) is 5.10 Å². The zero-order valence-electron chi connectivity index (χ0n) is 28.6. The van der Waals surface area contributed by atoms with Crippen LogP contribution in [0.15, 0.2) is 158 Å². The Morgan fingerprint density at radius 1 is 0.673 bits per heavy atom. The monoisotopic (exact) mass is 682 g/mol. The van der Waals surface area contributed by atoms with Crippen molar-refractivity contribution in [2.75, 3.05) is 13.7 Å². The number of tetrazole rings is 1. The molecule has 9 nitrogen and oxygen atoms in total. The van der Waals surface area contributed by atoms with Gasteiger partial charge in [0.1, 0.15) is 11.1 Å². The Hall–Kier alpha value is -6.87. The van der Waals surface area contributed by atoms with E-state index in [4.69, 9.17) is 24.8 Å². The second kappa shape index (κ2) is 13.8. The Morgan fingerprint density at radius 2 is 1.25 bits per heavy atom. The molecule has 0 radical (unpaired) electrons. The summed E-state index contributed by atoms with van der Waals surface area (Å²) < 4.78 is 14.8. The third-order valence-corrected chi connectivity index (χ3v) is 9.30. The van der Waals surface area contributed by atoms with Gasteiger partial charge in [-0.2, -0.15) is 4.98 Å². The van der Waals surface area contributed by atoms with Gasteiger partial charge < -0.3 is 9.47 Å². The molecule has 8 rings (SSSR count). The molecular formula is C43H34N6O3. The lowest BCUT2D eigenvalue weighted by Gasteiger charge is -2.36. The number of esters is 1. The fraction of sp³-hybridized carbons (Fsp3) is 0.0930. The average Bonchev–Trinajstić information content (AvgIpc) is 3.85. The number of imidazole rings is 1. The van der Waals surface area contributed by atoms with Crippen LogP contribution in [0.4, 0.5) is 0 Å². The van der Waals surface area contributed by atoms with E-state index in [-0.39, 0.29) is 0 Å². The van der Waals surface area contributed by atoms with Crippen molar-refractivity contribution in [3.05, 3.63) is 180 Å². The molecule has 8 aromatic rings. The molecule has 52 heavy (non-hydrogen) atoms. The zero-order valence-corrected chi connectivity index (χ0v) is 28.6. The maximum absolute atomic E-state index is 12.6. The molecule has 0 fully saturated rings. The van der Waals surface area contributed by atoms with E-state index in [2.05, 4.69) is 65.9 Å². The summed E-state index contributed by atoms with van der Waals surface area (Å²) in [5.41, 5.74) is 7.44. The van der Waals surface area contributed by atoms with Gasteiger partial charge in [-0.1, -0.05) is 133 Å². The molecule has 2 heterocycles. The van der Waals surface area contributed by atoms with Gasteiger partial charge in [-0.05, 0) is 69.4 Å². The number of ether oxygens (including phenoxy) is 2. The molecule has 0 amide bonds. The number of benzene rings is 6. The lowest BCUT2D eigenvalue weighted by molar-refractivity contribution is 0.0602. The summed E-state index contributed by atoms with van der Waals surface area (Å²) in [6.07, 6.45) is 0. The number of nitrogens with zero attached hydrogens (tertiary/aromatic N) is 6. The summed E-state index contributed by atoms with van der Waals surface area (Å²) in [6.45, 7) is 2.31. The van der Waals surface area contributed by atoms with Crippen molar-refractivity contribution in [2.45, 2.75) is 12.5 Å². The predicted octanol–water partition coefficient (Wildman–Crippen LogP) is 8.37. The van der Waals surface area contributed by atoms with E-state index in [1.165, 1.54) is 7.11 Å². The minimum Gasteiger partial charge on any atom is -0.465 e. The van der Waals surface area contributed by atoms with E-state index < -0.39 is 11.5 Å². The Morgan fingerprint density at radius 3 is 1.83 bits per heavy atom. The average molecular weight is 683 g/mol. The van der Waals surface area contributed by atoms with Crippen LogP contribution in [-0.2, 0) is 10.3 Å². The van der Waals surface area contributed by atoms with Crippen LogP contribution in [0.2, 0.25) is 0 Å². The highest BCUT2D eigenvalue weighted by Crippen LogP contribution is 2.43. The first kappa shape index (κ1) is 32.3. The lowest BCUT2D eigenvalue weighted by Crippen LogP contribution is -2.39. The molecule has 0 aliphatic carbocycles. The Kier molecular flexibility index (Phi) is 8.58. The number of hydrogen-bond acceptors (Lipinski definition) is 7. The van der Waals surface area contributed by atoms with Gasteiger partial charge in [0.15, 0.2) is 5.82 Å². The van der Waals surface area contributed by atoms with Crippen LogP contribution in [0.1, 0.15) is 34.0 Å². The van der Waals surface area contributed by atoms with Gasteiger partial charge in [-0.3, -0.25) is 4.57 Å². The molecule has 0 aliphatic rings. The number of rotatable bonds is 10. The highest BCUT2D eigenvalue weighted by atomic mass is 16.5. The van der Waals surface area contributed by atoms with Crippen LogP contribution >= 0.6 is 0 Å². The SMILES string of the molecule is CCOc1nc2c(C(=O)OC)cccc2n1-c1ccc(-c2ccccc2-c2nnnn2C(c2ccccc2)(c2ccccc2)c2ccccc2)cc1. The fourth-order valence-corrected chi connectivity index (χ4v) is 7.03. The van der Waals surface area contributed by atoms with Crippen molar-refractivity contribution in [2.24, 2.45) is 0 Å². The van der Waals surface area contributed by atoms with Crippen molar-refractivity contribution in [3.8, 4) is 34.2 Å². The molecule has 2 aromatic heterocycles. The number of carbonyl (C=O) groups is 1. The number of fused-ring (bicyclic) bond motifs is 1. The second-order valence-corrected chi connectivity index (χ2v) is 12.1. The van der Waals surface area contributed by atoms with E-state index in [1.54, 1.807) is 6.07 Å². The Bertz CT molecular complexity index is 2380. The largest absolute Gasteiger partial charge is 0.465 e. The zero-order chi connectivity index (χ0) is 35.5. The summed E-state index contributed by atoms with van der Waals surface area (Å²) >= 11 is 0. The summed E-state index contributed by atoms with van der Waals surface area (Å²) in [7, 11) is 1.36. The van der Waals surface area contributed by atoms with Gasteiger partial charge >= 0.3 is 12.0 Å². The van der Waals surface area contributed by atoms with Crippen LogP contribution in [-0.4, -0.2) is 49.4 Å². The molecule has 6 aromatic carbocycles. The molecule has 0 N–H and O–H groups in total. The smallest absolute Gasteiger partial charge is 0.340 e. The highest BCUT2D eigenvalue weighted by Gasteiger charge is 2.42. The maximum Gasteiger partial charge on any atom is 0.340 e. The number of para-hydroxylation sites is 1. The van der Waals surface area contributed by atoms with E-state index >= 15 is 0 Å². The van der Waals surface area contributed by atoms with E-state index in [0.29, 0.717) is 29.5 Å². The maximum atomic E-state index is 12.6. The molecule has 0 atom stereocenters. The standard InChI is InChI=1S/C43H34N6O3/c1-3-52-42-44-39-37(41(50)51-2)24-15-25-38(39)48(42)34-28-26-30(27-29-34)35-22-13-14-23-36(35)40-45-46-47-49(40)43(31-16-7-4-8-17-31,32-18-9-5-10-19-32)33-20-11-6-12-21-33/h4-29H,3H2,1-2H3. The number of aromatic nitrogens is 6. The van der Waals surface area contributed by atoms with Gasteiger partial charge in [0.2, 0.25) is 0 Å². The quantitative estimate of drug-likeness (QED) is 0.106. The third-order valence-electron chi connectivity index (χ3n) is 9.30. The van der Waals surface area contributed by atoms with Crippen molar-refractivity contribution >= 4 is 17.0 Å². The minimum absolute atomic E-state index is 0.376. The van der Waals surface area contributed by atoms with Crippen LogP contribution in [0.25, 0.3) is 39.2 Å². The summed E-state index contributed by atoms with van der Waals surface area (Å²) in [6, 6.07) is 53.3. The fourth-order valence-electron chi connectivity index (χ4n) is 7.03. The molecule has 254 valence electrons. The second-order valence-electron chi connectivity index (χ2n) is 12.1. The Labute approximate surface area is 300 Å². The van der Waals surface area contributed by atoms with Gasteiger partial charge in [0.25, 0.3) is 0 Å². The van der Waals surface area contributed by atoms with Crippen molar-refractivity contribution in [1.82, 2.24) is 29.8 Å². The molecule has 0 unspecified atom stereocenters. The molecule has 0 bridgehead atoms. The number of carbonyl (C=O) groups excluding carboxylic acids is 1. The molecule has 0 saturated carbocycles. The first-order valence-electron chi connectivity index (χ1n) is 17.0. The van der Waals surface area contributed by atoms with Crippen molar-refractivity contribution < 1.29 is 14.3 Å². The topological polar surface area (TPSA) is 97.0 Å². The predicted molar refractivity (Wildman–Crippen MR) is 200 cm³/mol. The summed E-state index contributed by atoms with van der Waals surface area (Å²) in [4.78, 5) is 17.3. The van der Waals surface area contributed by atoms with Crippen LogP contribution in [0, 0.1) is 0 Å². The van der Waals surface area contributed by atoms with Gasteiger partial charge in [-0.25, -0.2) is 9.48 Å². The van der Waals surface area contributed by atoms with E-state index in [0.717, 1.165) is 44.6 Å². The first-order valence-corrected chi connectivity index (χ1v) is 17.0. The minimum atomic E-state index is -0.888. The molecular weight excluding hydrogens is 649 g/mol. The van der Waals surface area contributed by atoms with E-state index in [9.17, 15) is 4.79 Å². The highest BCUT2D eigenvalue weighted by molar-refractivity contribution is 6.02. The summed E-state index contributed by atoms with van der Waals surface area (Å²) in [5, 5.41) is 13.8. The normalized spacial score (nSPS) is 11.4. The van der Waals surface area contributed by atoms with Crippen LogP contribution in [0.5, 0.6) is 6.01 Å². The molecule has 0 spiro atoms. The molecule has 9 heteroatoms. The molecule has 0 aliphatic heterocycles. The van der Waals surface area contributed by atoms with E-state index in [1.807, 2.05) is 107 Å².